The van der Waals surface area contributed by atoms with E-state index in [4.69, 9.17) is 0 Å². The minimum atomic E-state index is 1.22. The molecule has 0 N–H and O–H groups in total. The fraction of sp³-hybridized carbons (Fsp3) is 0. The summed E-state index contributed by atoms with van der Waals surface area (Å²) in [6.07, 6.45) is 0. The summed E-state index contributed by atoms with van der Waals surface area (Å²) in [5.74, 6) is 0. The molecule has 10 aromatic carbocycles. The molecule has 0 spiro atoms. The average molecular weight is 659 g/mol. The van der Waals surface area contributed by atoms with Crippen LogP contribution in [0.3, 0.4) is 0 Å². The van der Waals surface area contributed by atoms with E-state index in [1.807, 2.05) is 0 Å². The number of hydrogen-bond acceptors (Lipinski definition) is 0. The molecule has 52 heavy (non-hydrogen) atoms. The third-order valence-electron chi connectivity index (χ3n) is 10.6. The molecule has 10 rings (SSSR count). The van der Waals surface area contributed by atoms with Crippen molar-refractivity contribution in [2.45, 2.75) is 0 Å². The molecule has 0 aliphatic heterocycles. The van der Waals surface area contributed by atoms with Gasteiger partial charge in [0.05, 0.1) is 0 Å². The van der Waals surface area contributed by atoms with Gasteiger partial charge in [-0.05, 0) is 111 Å². The highest BCUT2D eigenvalue weighted by molar-refractivity contribution is 6.30. The summed E-state index contributed by atoms with van der Waals surface area (Å²) in [6, 6.07) is 75.5. The van der Waals surface area contributed by atoms with Crippen LogP contribution in [-0.4, -0.2) is 0 Å². The molecule has 0 saturated carbocycles. The van der Waals surface area contributed by atoms with E-state index in [1.54, 1.807) is 0 Å². The fourth-order valence-electron chi connectivity index (χ4n) is 8.35. The van der Waals surface area contributed by atoms with Gasteiger partial charge in [0.1, 0.15) is 0 Å². The maximum absolute atomic E-state index is 2.42. The van der Waals surface area contributed by atoms with Gasteiger partial charge in [-0.3, -0.25) is 0 Å². The Labute approximate surface area is 303 Å². The van der Waals surface area contributed by atoms with Crippen LogP contribution in [-0.2, 0) is 0 Å². The van der Waals surface area contributed by atoms with Gasteiger partial charge >= 0.3 is 0 Å². The van der Waals surface area contributed by atoms with Crippen LogP contribution in [0.15, 0.2) is 206 Å². The number of benzene rings is 10. The minimum Gasteiger partial charge on any atom is -0.0622 e. The first-order chi connectivity index (χ1) is 25.8. The molecular formula is C52H34. The Morgan fingerprint density at radius 2 is 0.423 bits per heavy atom. The van der Waals surface area contributed by atoms with E-state index in [0.29, 0.717) is 0 Å². The normalized spacial score (nSPS) is 11.5. The third kappa shape index (κ3) is 4.92. The Balaban J connectivity index is 1.40. The van der Waals surface area contributed by atoms with E-state index in [9.17, 15) is 0 Å². The van der Waals surface area contributed by atoms with Crippen LogP contribution in [0.25, 0.3) is 98.7 Å². The summed E-state index contributed by atoms with van der Waals surface area (Å²) < 4.78 is 0. The Hall–Kier alpha value is -6.76. The first-order valence-electron chi connectivity index (χ1n) is 18.0. The van der Waals surface area contributed by atoms with Crippen molar-refractivity contribution >= 4 is 43.1 Å². The van der Waals surface area contributed by atoms with Crippen LogP contribution in [0.5, 0.6) is 0 Å². The van der Waals surface area contributed by atoms with Gasteiger partial charge in [0.15, 0.2) is 0 Å². The van der Waals surface area contributed by atoms with Crippen molar-refractivity contribution in [3.63, 3.8) is 0 Å². The quantitative estimate of drug-likeness (QED) is 0.161. The Morgan fingerprint density at radius 1 is 0.154 bits per heavy atom. The average Bonchev–Trinajstić information content (AvgIpc) is 3.23. The molecule has 0 heterocycles. The Morgan fingerprint density at radius 3 is 0.769 bits per heavy atom. The summed E-state index contributed by atoms with van der Waals surface area (Å²) in [5.41, 5.74) is 12.4. The predicted octanol–water partition coefficient (Wildman–Crippen LogP) is 14.6. The molecule has 0 heteroatoms. The summed E-state index contributed by atoms with van der Waals surface area (Å²) in [6.45, 7) is 0. The highest BCUT2D eigenvalue weighted by Gasteiger charge is 2.23. The molecule has 10 aromatic rings. The zero-order valence-corrected chi connectivity index (χ0v) is 28.6. The molecule has 0 aromatic heterocycles. The highest BCUT2D eigenvalue weighted by atomic mass is 14.3. The molecule has 0 radical (unpaired) electrons. The van der Waals surface area contributed by atoms with Gasteiger partial charge in [-0.2, -0.15) is 0 Å². The molecule has 242 valence electrons. The first-order valence-corrected chi connectivity index (χ1v) is 18.0. The topological polar surface area (TPSA) is 0 Å². The zero-order chi connectivity index (χ0) is 34.4. The SMILES string of the molecule is c1ccc(-c2ccc3c(-c4c5ccccc5c(-c5ccccc5)c5cc(-c6ccccc6)ccc45)c4ccccc4c(-c4ccccc4)c3c2)cc1. The highest BCUT2D eigenvalue weighted by Crippen LogP contribution is 2.51. The molecule has 0 bridgehead atoms. The number of fused-ring (bicyclic) bond motifs is 4. The molecule has 0 fully saturated rings. The molecular weight excluding hydrogens is 625 g/mol. The maximum Gasteiger partial charge on any atom is -0.00139 e. The van der Waals surface area contributed by atoms with Gasteiger partial charge in [-0.15, -0.1) is 0 Å². The molecule has 0 atom stereocenters. The van der Waals surface area contributed by atoms with Gasteiger partial charge in [0, 0.05) is 0 Å². The molecule has 0 saturated heterocycles. The van der Waals surface area contributed by atoms with Crippen LogP contribution in [0.4, 0.5) is 0 Å². The second-order valence-electron chi connectivity index (χ2n) is 13.6. The Kier molecular flexibility index (Phi) is 7.25. The maximum atomic E-state index is 2.42. The van der Waals surface area contributed by atoms with E-state index in [0.717, 1.165) is 0 Å². The lowest BCUT2D eigenvalue weighted by atomic mass is 9.80. The largest absolute Gasteiger partial charge is 0.0622 e. The van der Waals surface area contributed by atoms with Crippen molar-refractivity contribution < 1.29 is 0 Å². The lowest BCUT2D eigenvalue weighted by Crippen LogP contribution is -1.95. The van der Waals surface area contributed by atoms with Crippen molar-refractivity contribution in [1.82, 2.24) is 0 Å². The minimum absolute atomic E-state index is 1.22. The van der Waals surface area contributed by atoms with E-state index >= 15 is 0 Å². The third-order valence-corrected chi connectivity index (χ3v) is 10.6. The van der Waals surface area contributed by atoms with Crippen molar-refractivity contribution in [3.05, 3.63) is 206 Å². The van der Waals surface area contributed by atoms with Crippen LogP contribution in [0, 0.1) is 0 Å². The van der Waals surface area contributed by atoms with E-state index in [1.165, 1.54) is 98.7 Å². The molecule has 0 aliphatic carbocycles. The van der Waals surface area contributed by atoms with Gasteiger partial charge < -0.3 is 0 Å². The van der Waals surface area contributed by atoms with Crippen molar-refractivity contribution in [3.8, 4) is 55.6 Å². The van der Waals surface area contributed by atoms with Crippen LogP contribution in [0.1, 0.15) is 0 Å². The van der Waals surface area contributed by atoms with Gasteiger partial charge in [-0.1, -0.05) is 194 Å². The standard InChI is InChI=1S/C52H34/c1-5-17-35(18-6-1)39-29-31-45-47(33-39)49(37-21-9-3-10-22-37)41-25-13-15-27-43(41)51(45)52-44-28-16-14-26-42(44)50(38-23-11-4-12-24-38)48-34-40(30-32-46(48)52)36-19-7-2-8-20-36/h1-34H. The number of rotatable bonds is 5. The summed E-state index contributed by atoms with van der Waals surface area (Å²) in [7, 11) is 0. The van der Waals surface area contributed by atoms with Gasteiger partial charge in [-0.25, -0.2) is 0 Å². The van der Waals surface area contributed by atoms with Gasteiger partial charge in [0.25, 0.3) is 0 Å². The molecule has 0 unspecified atom stereocenters. The summed E-state index contributed by atoms with van der Waals surface area (Å²) in [5, 5.41) is 10.0. The van der Waals surface area contributed by atoms with E-state index in [-0.39, 0.29) is 0 Å². The predicted molar refractivity (Wildman–Crippen MR) is 224 cm³/mol. The van der Waals surface area contributed by atoms with Crippen molar-refractivity contribution in [2.75, 3.05) is 0 Å². The Bertz CT molecular complexity index is 2700. The van der Waals surface area contributed by atoms with Crippen LogP contribution < -0.4 is 0 Å². The molecule has 0 nitrogen and oxygen atoms in total. The second kappa shape index (κ2) is 12.5. The molecule has 0 amide bonds. The fourth-order valence-corrected chi connectivity index (χ4v) is 8.35. The lowest BCUT2D eigenvalue weighted by molar-refractivity contribution is 1.63. The lowest BCUT2D eigenvalue weighted by Gasteiger charge is -2.23. The second-order valence-corrected chi connectivity index (χ2v) is 13.6. The van der Waals surface area contributed by atoms with Crippen LogP contribution in [0.2, 0.25) is 0 Å². The summed E-state index contributed by atoms with van der Waals surface area (Å²) in [4.78, 5) is 0. The van der Waals surface area contributed by atoms with E-state index < -0.39 is 0 Å². The number of hydrogen-bond donors (Lipinski definition) is 0. The molecule has 0 aliphatic rings. The van der Waals surface area contributed by atoms with Crippen molar-refractivity contribution in [1.29, 1.82) is 0 Å². The monoisotopic (exact) mass is 658 g/mol. The zero-order valence-electron chi connectivity index (χ0n) is 28.6. The van der Waals surface area contributed by atoms with Crippen molar-refractivity contribution in [2.24, 2.45) is 0 Å². The van der Waals surface area contributed by atoms with Gasteiger partial charge in [0.2, 0.25) is 0 Å². The summed E-state index contributed by atoms with van der Waals surface area (Å²) >= 11 is 0. The smallest absolute Gasteiger partial charge is 0.00139 e. The van der Waals surface area contributed by atoms with Crippen LogP contribution >= 0.6 is 0 Å². The van der Waals surface area contributed by atoms with E-state index in [2.05, 4.69) is 206 Å². The first kappa shape index (κ1) is 30.1.